The summed E-state index contributed by atoms with van der Waals surface area (Å²) in [5.74, 6) is -5.13. The Morgan fingerprint density at radius 3 is 2.27 bits per heavy atom. The minimum atomic E-state index is -1.25. The molecule has 2 rings (SSSR count). The van der Waals surface area contributed by atoms with E-state index in [0.29, 0.717) is 6.42 Å². The summed E-state index contributed by atoms with van der Waals surface area (Å²) in [5.41, 5.74) is 3.74. The topological polar surface area (TPSA) is 180 Å². The van der Waals surface area contributed by atoms with Crippen LogP contribution in [0.5, 0.6) is 0 Å². The largest absolute Gasteiger partial charge is 0.481 e. The number of carbonyl (C=O) groups excluding carboxylic acids is 2. The molecule has 168 valence electrons. The lowest BCUT2D eigenvalue weighted by Crippen LogP contribution is -2.64. The highest BCUT2D eigenvalue weighted by molar-refractivity contribution is 5.94. The highest BCUT2D eigenvalue weighted by Crippen LogP contribution is 2.38. The first-order valence-corrected chi connectivity index (χ1v) is 10.2. The number of piperazine rings is 1. The van der Waals surface area contributed by atoms with E-state index in [1.54, 1.807) is 0 Å². The van der Waals surface area contributed by atoms with Gasteiger partial charge in [-0.25, -0.2) is 4.79 Å². The predicted molar refractivity (Wildman–Crippen MR) is 101 cm³/mol. The number of hydrogen-bond donors (Lipinski definition) is 4. The summed E-state index contributed by atoms with van der Waals surface area (Å²) in [4.78, 5) is 62.4. The Labute approximate surface area is 173 Å². The number of carboxylic acid groups (broad SMARTS) is 3. The first-order chi connectivity index (χ1) is 14.2. The van der Waals surface area contributed by atoms with Gasteiger partial charge in [0.15, 0.2) is 0 Å². The molecule has 0 aromatic carbocycles. The van der Waals surface area contributed by atoms with Gasteiger partial charge in [-0.3, -0.25) is 19.2 Å². The number of nitrogens with zero attached hydrogens (tertiary/aromatic N) is 2. The average Bonchev–Trinajstić information content (AvgIpc) is 3.04. The highest BCUT2D eigenvalue weighted by Gasteiger charge is 2.54. The van der Waals surface area contributed by atoms with Gasteiger partial charge in [-0.1, -0.05) is 0 Å². The van der Waals surface area contributed by atoms with Gasteiger partial charge >= 0.3 is 17.9 Å². The van der Waals surface area contributed by atoms with Crippen molar-refractivity contribution in [2.24, 2.45) is 5.92 Å². The minimum absolute atomic E-state index is 0.0607. The van der Waals surface area contributed by atoms with Crippen LogP contribution in [0.4, 0.5) is 0 Å². The van der Waals surface area contributed by atoms with E-state index in [2.05, 4.69) is 5.73 Å². The number of quaternary nitrogens is 1. The zero-order valence-electron chi connectivity index (χ0n) is 16.9. The average molecular weight is 428 g/mol. The molecule has 0 unspecified atom stereocenters. The van der Waals surface area contributed by atoms with Gasteiger partial charge in [0, 0.05) is 19.4 Å². The van der Waals surface area contributed by atoms with E-state index in [4.69, 9.17) is 5.11 Å². The molecule has 0 aromatic rings. The quantitative estimate of drug-likeness (QED) is 0.303. The van der Waals surface area contributed by atoms with Crippen LogP contribution in [0.2, 0.25) is 0 Å². The zero-order valence-corrected chi connectivity index (χ0v) is 16.9. The lowest BCUT2D eigenvalue weighted by Gasteiger charge is -2.43. The third-order valence-corrected chi connectivity index (χ3v) is 5.85. The van der Waals surface area contributed by atoms with E-state index in [0.717, 1.165) is 19.4 Å². The van der Waals surface area contributed by atoms with E-state index in [1.165, 1.54) is 9.80 Å². The van der Waals surface area contributed by atoms with Crippen LogP contribution in [0.15, 0.2) is 0 Å². The van der Waals surface area contributed by atoms with Gasteiger partial charge in [0.05, 0.1) is 19.0 Å². The van der Waals surface area contributed by atoms with Crippen molar-refractivity contribution in [3.8, 4) is 0 Å². The molecular formula is C19H30N3O8+. The van der Waals surface area contributed by atoms with Gasteiger partial charge in [0.1, 0.15) is 12.1 Å². The Kier molecular flexibility index (Phi) is 8.16. The Balaban J connectivity index is 2.22. The fourth-order valence-corrected chi connectivity index (χ4v) is 4.50. The summed E-state index contributed by atoms with van der Waals surface area (Å²) in [6.45, 7) is 0.814. The van der Waals surface area contributed by atoms with Crippen molar-refractivity contribution in [3.63, 3.8) is 0 Å². The summed E-state index contributed by atoms with van der Waals surface area (Å²) in [6.07, 6.45) is 1.99. The van der Waals surface area contributed by atoms with Crippen LogP contribution in [0.1, 0.15) is 51.4 Å². The number of hydrogen-bond acceptors (Lipinski definition) is 5. The van der Waals surface area contributed by atoms with E-state index < -0.39 is 54.3 Å². The molecule has 2 aliphatic rings. The molecule has 11 nitrogen and oxygen atoms in total. The minimum Gasteiger partial charge on any atom is -0.481 e. The van der Waals surface area contributed by atoms with E-state index >= 15 is 0 Å². The molecule has 11 heteroatoms. The van der Waals surface area contributed by atoms with Crippen LogP contribution in [-0.2, 0) is 24.0 Å². The molecule has 2 amide bonds. The monoisotopic (exact) mass is 428 g/mol. The second-order valence-corrected chi connectivity index (χ2v) is 7.93. The maximum absolute atomic E-state index is 13.1. The van der Waals surface area contributed by atoms with Crippen molar-refractivity contribution in [3.05, 3.63) is 0 Å². The Morgan fingerprint density at radius 1 is 1.00 bits per heavy atom. The summed E-state index contributed by atoms with van der Waals surface area (Å²) in [5, 5.41) is 27.9. The standard InChI is InChI=1S/C19H29N3O8/c20-7-3-1-2-4-14(23)21-10-12-8-11(5-6-15(24)25)17(19(29)30)22(12)18(28)13(21)9-16(26)27/h11-13,17H,1-10,20H2,(H,24,25)(H,26,27)(H,29,30)/p+1/t11-,12-,13-,17-/m0/s1. The maximum atomic E-state index is 13.1. The Hall–Kier alpha value is -2.69. The van der Waals surface area contributed by atoms with Crippen LogP contribution >= 0.6 is 0 Å². The molecule has 0 saturated carbocycles. The van der Waals surface area contributed by atoms with E-state index in [-0.39, 0.29) is 38.1 Å². The van der Waals surface area contributed by atoms with Crippen LogP contribution in [0, 0.1) is 5.92 Å². The SMILES string of the molecule is [NH3+]CCCCCC(=O)N1C[C@@H]2C[C@H](CCC(=O)O)[C@@H](C(=O)O)N2C(=O)[C@@H]1CC(=O)O. The summed E-state index contributed by atoms with van der Waals surface area (Å²) in [7, 11) is 0. The summed E-state index contributed by atoms with van der Waals surface area (Å²) < 4.78 is 0. The van der Waals surface area contributed by atoms with Gasteiger partial charge in [-0.05, 0) is 38.0 Å². The van der Waals surface area contributed by atoms with Gasteiger partial charge in [0.2, 0.25) is 11.8 Å². The first-order valence-electron chi connectivity index (χ1n) is 10.2. The second kappa shape index (κ2) is 10.4. The number of fused-ring (bicyclic) bond motifs is 1. The fourth-order valence-electron chi connectivity index (χ4n) is 4.50. The molecule has 2 saturated heterocycles. The van der Waals surface area contributed by atoms with E-state index in [1.807, 2.05) is 0 Å². The first kappa shape index (κ1) is 23.6. The summed E-state index contributed by atoms with van der Waals surface area (Å²) >= 11 is 0. The lowest BCUT2D eigenvalue weighted by atomic mass is 9.93. The molecule has 6 N–H and O–H groups in total. The zero-order chi connectivity index (χ0) is 22.4. The number of unbranched alkanes of at least 4 members (excludes halogenated alkanes) is 2. The van der Waals surface area contributed by atoms with Crippen molar-refractivity contribution >= 4 is 29.7 Å². The number of amides is 2. The van der Waals surface area contributed by atoms with Crippen molar-refractivity contribution in [1.29, 1.82) is 0 Å². The van der Waals surface area contributed by atoms with Gasteiger partial charge in [-0.2, -0.15) is 0 Å². The number of carbonyl (C=O) groups is 5. The molecule has 30 heavy (non-hydrogen) atoms. The fraction of sp³-hybridized carbons (Fsp3) is 0.737. The molecule has 0 aliphatic carbocycles. The Morgan fingerprint density at radius 2 is 1.70 bits per heavy atom. The lowest BCUT2D eigenvalue weighted by molar-refractivity contribution is -0.368. The van der Waals surface area contributed by atoms with Crippen molar-refractivity contribution < 1.29 is 45.0 Å². The third kappa shape index (κ3) is 5.47. The molecule has 4 atom stereocenters. The smallest absolute Gasteiger partial charge is 0.326 e. The maximum Gasteiger partial charge on any atom is 0.326 e. The molecule has 0 aromatic heterocycles. The van der Waals surface area contributed by atoms with Crippen LogP contribution < -0.4 is 5.73 Å². The number of carboxylic acids is 3. The predicted octanol–water partition coefficient (Wildman–Crippen LogP) is -0.991. The summed E-state index contributed by atoms with van der Waals surface area (Å²) in [6, 6.07) is -3.03. The number of aliphatic carboxylic acids is 3. The molecule has 2 fully saturated rings. The van der Waals surface area contributed by atoms with E-state index in [9.17, 15) is 34.2 Å². The molecular weight excluding hydrogens is 398 g/mol. The van der Waals surface area contributed by atoms with Crippen molar-refractivity contribution in [1.82, 2.24) is 9.80 Å². The van der Waals surface area contributed by atoms with Crippen molar-refractivity contribution in [2.45, 2.75) is 69.5 Å². The van der Waals surface area contributed by atoms with Gasteiger partial charge in [0.25, 0.3) is 0 Å². The van der Waals surface area contributed by atoms with Crippen molar-refractivity contribution in [2.75, 3.05) is 13.1 Å². The van der Waals surface area contributed by atoms with Crippen LogP contribution in [0.25, 0.3) is 0 Å². The molecule has 0 spiro atoms. The van der Waals surface area contributed by atoms with Gasteiger partial charge < -0.3 is 30.9 Å². The third-order valence-electron chi connectivity index (χ3n) is 5.85. The van der Waals surface area contributed by atoms with Crippen LogP contribution in [-0.4, -0.2) is 86.1 Å². The number of rotatable bonds is 11. The van der Waals surface area contributed by atoms with Gasteiger partial charge in [-0.15, -0.1) is 0 Å². The normalized spacial score (nSPS) is 25.8. The second-order valence-electron chi connectivity index (χ2n) is 7.93. The molecule has 2 aliphatic heterocycles. The highest BCUT2D eigenvalue weighted by atomic mass is 16.4. The molecule has 0 radical (unpaired) electrons. The Bertz CT molecular complexity index is 697. The molecule has 0 bridgehead atoms. The van der Waals surface area contributed by atoms with Crippen LogP contribution in [0.3, 0.4) is 0 Å². The molecule has 2 heterocycles.